The van der Waals surface area contributed by atoms with Crippen LogP contribution in [0.5, 0.6) is 0 Å². The van der Waals surface area contributed by atoms with Gasteiger partial charge in [-0.1, -0.05) is 0 Å². The first-order valence-electron chi connectivity index (χ1n) is 5.46. The van der Waals surface area contributed by atoms with E-state index in [0.29, 0.717) is 5.76 Å². The summed E-state index contributed by atoms with van der Waals surface area (Å²) in [7, 11) is 3.99. The number of nitrogens with zero attached hydrogens (tertiary/aromatic N) is 1. The molecule has 0 aliphatic heterocycles. The first-order chi connectivity index (χ1) is 8.08. The van der Waals surface area contributed by atoms with Gasteiger partial charge in [-0.15, -0.1) is 0 Å². The summed E-state index contributed by atoms with van der Waals surface area (Å²) in [5, 5.41) is 0. The molecule has 0 fully saturated rings. The third-order valence-corrected chi connectivity index (χ3v) is 2.62. The van der Waals surface area contributed by atoms with E-state index in [2.05, 4.69) is 0 Å². The minimum absolute atomic E-state index is 0.0545. The Hall–Kier alpha value is -2.03. The van der Waals surface area contributed by atoms with Gasteiger partial charge < -0.3 is 9.32 Å². The van der Waals surface area contributed by atoms with Gasteiger partial charge in [-0.2, -0.15) is 0 Å². The highest BCUT2D eigenvalue weighted by Gasteiger charge is 2.07. The highest BCUT2D eigenvalue weighted by molar-refractivity contribution is 5.91. The summed E-state index contributed by atoms with van der Waals surface area (Å²) >= 11 is 0. The van der Waals surface area contributed by atoms with Gasteiger partial charge in [0.15, 0.2) is 11.5 Å². The highest BCUT2D eigenvalue weighted by Crippen LogP contribution is 2.24. The number of carbonyl (C=O) groups excluding carboxylic acids is 1. The Bertz CT molecular complexity index is 523. The molecule has 3 nitrogen and oxygen atoms in total. The van der Waals surface area contributed by atoms with Crippen molar-refractivity contribution in [3.8, 4) is 11.3 Å². The molecule has 0 atom stereocenters. The molecule has 1 aromatic heterocycles. The van der Waals surface area contributed by atoms with Crippen LogP contribution >= 0.6 is 0 Å². The molecule has 88 valence electrons. The van der Waals surface area contributed by atoms with E-state index in [0.717, 1.165) is 17.0 Å². The summed E-state index contributed by atoms with van der Waals surface area (Å²) in [4.78, 5) is 13.2. The maximum Gasteiger partial charge on any atom is 0.194 e. The third-order valence-electron chi connectivity index (χ3n) is 2.62. The summed E-state index contributed by atoms with van der Waals surface area (Å²) in [6, 6.07) is 11.5. The van der Waals surface area contributed by atoms with E-state index in [9.17, 15) is 4.79 Å². The lowest BCUT2D eigenvalue weighted by Crippen LogP contribution is -2.07. The van der Waals surface area contributed by atoms with E-state index in [4.69, 9.17) is 4.42 Å². The predicted molar refractivity (Wildman–Crippen MR) is 68.5 cm³/mol. The van der Waals surface area contributed by atoms with Gasteiger partial charge in [0.25, 0.3) is 0 Å². The lowest BCUT2D eigenvalue weighted by Gasteiger charge is -2.12. The Morgan fingerprint density at radius 1 is 1.06 bits per heavy atom. The number of benzene rings is 1. The summed E-state index contributed by atoms with van der Waals surface area (Å²) in [6.07, 6.45) is 0. The second-order valence-corrected chi connectivity index (χ2v) is 4.16. The Morgan fingerprint density at radius 3 is 2.18 bits per heavy atom. The topological polar surface area (TPSA) is 33.5 Å². The molecule has 0 bridgehead atoms. The number of hydrogen-bond donors (Lipinski definition) is 0. The summed E-state index contributed by atoms with van der Waals surface area (Å²) in [5.41, 5.74) is 2.11. The zero-order valence-electron chi connectivity index (χ0n) is 10.2. The van der Waals surface area contributed by atoms with Crippen LogP contribution in [0.2, 0.25) is 0 Å². The molecule has 0 spiro atoms. The predicted octanol–water partition coefficient (Wildman–Crippen LogP) is 3.22. The zero-order valence-corrected chi connectivity index (χ0v) is 10.2. The average molecular weight is 229 g/mol. The maximum absolute atomic E-state index is 11.1. The van der Waals surface area contributed by atoms with Gasteiger partial charge in [-0.25, -0.2) is 0 Å². The smallest absolute Gasteiger partial charge is 0.194 e. The second kappa shape index (κ2) is 4.45. The van der Waals surface area contributed by atoms with Crippen molar-refractivity contribution < 1.29 is 9.21 Å². The van der Waals surface area contributed by atoms with Crippen LogP contribution in [-0.4, -0.2) is 19.9 Å². The standard InChI is InChI=1S/C14H15NO2/c1-10(16)13-8-9-14(17-13)11-4-6-12(7-5-11)15(2)3/h4-9H,1-3H3. The van der Waals surface area contributed by atoms with Gasteiger partial charge in [0.05, 0.1) is 0 Å². The van der Waals surface area contributed by atoms with Crippen molar-refractivity contribution in [2.75, 3.05) is 19.0 Å². The fraction of sp³-hybridized carbons (Fsp3) is 0.214. The monoisotopic (exact) mass is 229 g/mol. The highest BCUT2D eigenvalue weighted by atomic mass is 16.3. The van der Waals surface area contributed by atoms with E-state index in [-0.39, 0.29) is 5.78 Å². The Morgan fingerprint density at radius 2 is 1.71 bits per heavy atom. The van der Waals surface area contributed by atoms with Crippen LogP contribution in [0.1, 0.15) is 17.5 Å². The average Bonchev–Trinajstić information content (AvgIpc) is 2.78. The van der Waals surface area contributed by atoms with Crippen LogP contribution < -0.4 is 4.90 Å². The molecule has 0 saturated heterocycles. The van der Waals surface area contributed by atoms with Crippen LogP contribution in [0.25, 0.3) is 11.3 Å². The normalized spacial score (nSPS) is 10.3. The molecule has 0 unspecified atom stereocenters. The molecule has 3 heteroatoms. The maximum atomic E-state index is 11.1. The van der Waals surface area contributed by atoms with Gasteiger partial charge in [0.2, 0.25) is 0 Å². The van der Waals surface area contributed by atoms with Crippen LogP contribution in [-0.2, 0) is 0 Å². The molecule has 0 radical (unpaired) electrons. The quantitative estimate of drug-likeness (QED) is 0.758. The van der Waals surface area contributed by atoms with E-state index in [1.807, 2.05) is 49.3 Å². The number of carbonyl (C=O) groups is 1. The number of furan rings is 1. The molecular weight excluding hydrogens is 214 g/mol. The first kappa shape index (κ1) is 11.5. The van der Waals surface area contributed by atoms with Crippen molar-refractivity contribution in [1.82, 2.24) is 0 Å². The first-order valence-corrected chi connectivity index (χ1v) is 5.46. The van der Waals surface area contributed by atoms with Crippen LogP contribution in [0.4, 0.5) is 5.69 Å². The fourth-order valence-electron chi connectivity index (χ4n) is 1.61. The largest absolute Gasteiger partial charge is 0.453 e. The third kappa shape index (κ3) is 2.38. The molecule has 2 aromatic rings. The van der Waals surface area contributed by atoms with Crippen molar-refractivity contribution in [3.63, 3.8) is 0 Å². The summed E-state index contributed by atoms with van der Waals surface area (Å²) in [5.74, 6) is 1.07. The Labute approximate surface area is 101 Å². The minimum Gasteiger partial charge on any atom is -0.453 e. The van der Waals surface area contributed by atoms with Crippen molar-refractivity contribution >= 4 is 11.5 Å². The van der Waals surface area contributed by atoms with Crippen molar-refractivity contribution in [3.05, 3.63) is 42.2 Å². The molecule has 2 rings (SSSR count). The SMILES string of the molecule is CC(=O)c1ccc(-c2ccc(N(C)C)cc2)o1. The van der Waals surface area contributed by atoms with Gasteiger partial charge in [-0.3, -0.25) is 4.79 Å². The molecule has 1 aromatic carbocycles. The van der Waals surface area contributed by atoms with E-state index >= 15 is 0 Å². The van der Waals surface area contributed by atoms with Crippen LogP contribution in [0.15, 0.2) is 40.8 Å². The lowest BCUT2D eigenvalue weighted by atomic mass is 10.1. The molecule has 0 saturated carbocycles. The summed E-state index contributed by atoms with van der Waals surface area (Å²) in [6.45, 7) is 1.50. The number of anilines is 1. The van der Waals surface area contributed by atoms with Crippen molar-refractivity contribution in [2.45, 2.75) is 6.92 Å². The van der Waals surface area contributed by atoms with Crippen molar-refractivity contribution in [1.29, 1.82) is 0 Å². The van der Waals surface area contributed by atoms with E-state index < -0.39 is 0 Å². The van der Waals surface area contributed by atoms with Crippen LogP contribution in [0, 0.1) is 0 Å². The number of ketones is 1. The number of Topliss-reactive ketones (excluding diaryl/α,β-unsaturated/α-hetero) is 1. The van der Waals surface area contributed by atoms with Gasteiger partial charge in [0, 0.05) is 32.3 Å². The molecular formula is C14H15NO2. The summed E-state index contributed by atoms with van der Waals surface area (Å²) < 4.78 is 5.47. The number of rotatable bonds is 3. The molecule has 0 aliphatic carbocycles. The minimum atomic E-state index is -0.0545. The molecule has 0 aliphatic rings. The van der Waals surface area contributed by atoms with Crippen LogP contribution in [0.3, 0.4) is 0 Å². The van der Waals surface area contributed by atoms with Gasteiger partial charge in [0.1, 0.15) is 5.76 Å². The van der Waals surface area contributed by atoms with Gasteiger partial charge >= 0.3 is 0 Å². The molecule has 0 N–H and O–H groups in total. The lowest BCUT2D eigenvalue weighted by molar-refractivity contribution is 0.0988. The zero-order chi connectivity index (χ0) is 12.4. The number of hydrogen-bond acceptors (Lipinski definition) is 3. The van der Waals surface area contributed by atoms with Crippen molar-refractivity contribution in [2.24, 2.45) is 0 Å². The second-order valence-electron chi connectivity index (χ2n) is 4.16. The van der Waals surface area contributed by atoms with E-state index in [1.54, 1.807) is 6.07 Å². The fourth-order valence-corrected chi connectivity index (χ4v) is 1.61. The van der Waals surface area contributed by atoms with Gasteiger partial charge in [-0.05, 0) is 36.4 Å². The van der Waals surface area contributed by atoms with E-state index in [1.165, 1.54) is 6.92 Å². The Kier molecular flexibility index (Phi) is 3.00. The molecule has 17 heavy (non-hydrogen) atoms. The molecule has 0 amide bonds. The Balaban J connectivity index is 2.30. The molecule has 1 heterocycles.